The van der Waals surface area contributed by atoms with Gasteiger partial charge in [-0.1, -0.05) is 19.0 Å². The molecule has 144 valence electrons. The number of carbonyl (C=O) groups excluding carboxylic acids is 2. The van der Waals surface area contributed by atoms with Crippen LogP contribution in [0.15, 0.2) is 4.52 Å². The molecule has 2 fully saturated rings. The summed E-state index contributed by atoms with van der Waals surface area (Å²) in [7, 11) is 0. The fraction of sp³-hybridized carbons (Fsp3) is 0.737. The van der Waals surface area contributed by atoms with Gasteiger partial charge in [0.1, 0.15) is 5.76 Å². The monoisotopic (exact) mass is 362 g/mol. The fourth-order valence-corrected chi connectivity index (χ4v) is 4.30. The zero-order chi connectivity index (χ0) is 19.0. The highest BCUT2D eigenvalue weighted by Crippen LogP contribution is 2.30. The zero-order valence-electron chi connectivity index (χ0n) is 16.4. The third kappa shape index (κ3) is 3.77. The van der Waals surface area contributed by atoms with Gasteiger partial charge in [-0.25, -0.2) is 0 Å². The molecule has 0 saturated carbocycles. The average Bonchev–Trinajstić information content (AvgIpc) is 3.07. The van der Waals surface area contributed by atoms with E-state index in [2.05, 4.69) is 29.2 Å². The molecule has 2 aliphatic heterocycles. The van der Waals surface area contributed by atoms with E-state index < -0.39 is 0 Å². The predicted octanol–water partition coefficient (Wildman–Crippen LogP) is 1.63. The van der Waals surface area contributed by atoms with E-state index in [1.807, 2.05) is 18.7 Å². The van der Waals surface area contributed by atoms with Crippen LogP contribution in [0, 0.1) is 19.8 Å². The van der Waals surface area contributed by atoms with Crippen molar-refractivity contribution in [1.82, 2.24) is 20.3 Å². The Morgan fingerprint density at radius 2 is 2.08 bits per heavy atom. The van der Waals surface area contributed by atoms with E-state index in [0.29, 0.717) is 19.0 Å². The van der Waals surface area contributed by atoms with Crippen LogP contribution in [0.25, 0.3) is 0 Å². The summed E-state index contributed by atoms with van der Waals surface area (Å²) in [5, 5.41) is 7.03. The van der Waals surface area contributed by atoms with E-state index in [4.69, 9.17) is 4.52 Å². The van der Waals surface area contributed by atoms with Crippen LogP contribution in [0.5, 0.6) is 0 Å². The smallest absolute Gasteiger partial charge is 0.240 e. The first-order valence-corrected chi connectivity index (χ1v) is 9.49. The second kappa shape index (κ2) is 7.39. The molecule has 0 bridgehead atoms. The van der Waals surface area contributed by atoms with Crippen molar-refractivity contribution < 1.29 is 14.1 Å². The maximum atomic E-state index is 13.2. The van der Waals surface area contributed by atoms with Crippen LogP contribution in [0.3, 0.4) is 0 Å². The molecule has 26 heavy (non-hydrogen) atoms. The van der Waals surface area contributed by atoms with Crippen molar-refractivity contribution in [3.8, 4) is 0 Å². The van der Waals surface area contributed by atoms with E-state index in [0.717, 1.165) is 36.4 Å². The maximum Gasteiger partial charge on any atom is 0.240 e. The number of carbonyl (C=O) groups is 2. The van der Waals surface area contributed by atoms with Crippen molar-refractivity contribution in [2.24, 2.45) is 5.92 Å². The molecule has 1 aromatic heterocycles. The molecule has 0 spiro atoms. The molecular weight excluding hydrogens is 332 g/mol. The molecule has 7 nitrogen and oxygen atoms in total. The molecule has 3 rings (SSSR count). The van der Waals surface area contributed by atoms with Gasteiger partial charge in [0, 0.05) is 44.2 Å². The number of hydrogen-bond donors (Lipinski definition) is 1. The summed E-state index contributed by atoms with van der Waals surface area (Å²) in [6.07, 6.45) is 1.65. The summed E-state index contributed by atoms with van der Waals surface area (Å²) in [5.74, 6) is 1.41. The normalized spacial score (nSPS) is 26.5. The van der Waals surface area contributed by atoms with Crippen molar-refractivity contribution in [1.29, 1.82) is 0 Å². The molecule has 0 aliphatic carbocycles. The van der Waals surface area contributed by atoms with Crippen molar-refractivity contribution >= 4 is 11.8 Å². The lowest BCUT2D eigenvalue weighted by atomic mass is 9.96. The molecule has 0 aromatic carbocycles. The number of amides is 2. The van der Waals surface area contributed by atoms with Crippen LogP contribution in [-0.2, 0) is 16.1 Å². The molecule has 2 aliphatic rings. The predicted molar refractivity (Wildman–Crippen MR) is 97.4 cm³/mol. The van der Waals surface area contributed by atoms with Crippen molar-refractivity contribution in [3.63, 3.8) is 0 Å². The fourth-order valence-electron chi connectivity index (χ4n) is 4.30. The van der Waals surface area contributed by atoms with Gasteiger partial charge in [0.15, 0.2) is 0 Å². The minimum absolute atomic E-state index is 0.0337. The second-order valence-electron chi connectivity index (χ2n) is 8.16. The molecule has 3 unspecified atom stereocenters. The first-order valence-electron chi connectivity index (χ1n) is 9.49. The lowest BCUT2D eigenvalue weighted by Crippen LogP contribution is -2.59. The molecule has 7 heteroatoms. The maximum absolute atomic E-state index is 13.2. The molecule has 1 aromatic rings. The number of aromatic nitrogens is 1. The zero-order valence-corrected chi connectivity index (χ0v) is 16.4. The third-order valence-electron chi connectivity index (χ3n) is 5.51. The average molecular weight is 362 g/mol. The van der Waals surface area contributed by atoms with Crippen LogP contribution in [0.4, 0.5) is 0 Å². The van der Waals surface area contributed by atoms with E-state index in [9.17, 15) is 9.59 Å². The number of aryl methyl sites for hydroxylation is 2. The highest BCUT2D eigenvalue weighted by molar-refractivity contribution is 5.83. The van der Waals surface area contributed by atoms with Gasteiger partial charge in [-0.2, -0.15) is 0 Å². The van der Waals surface area contributed by atoms with Crippen molar-refractivity contribution in [3.05, 3.63) is 17.0 Å². The van der Waals surface area contributed by atoms with Gasteiger partial charge in [0.25, 0.3) is 0 Å². The van der Waals surface area contributed by atoms with E-state index in [1.165, 1.54) is 6.92 Å². The Kier molecular flexibility index (Phi) is 5.37. The standard InChI is InChI=1S/C19H30N4O3/c1-11(2)6-18-19(25)23-8-15(20-14(5)24)7-16(23)9-22(18)10-17-12(3)21-26-13(17)4/h11,15-16,18H,6-10H2,1-5H3,(H,20,24). The van der Waals surface area contributed by atoms with Gasteiger partial charge >= 0.3 is 0 Å². The lowest BCUT2D eigenvalue weighted by molar-refractivity contribution is -0.145. The Bertz CT molecular complexity index is 665. The molecular formula is C19H30N4O3. The summed E-state index contributed by atoms with van der Waals surface area (Å²) in [5.41, 5.74) is 1.97. The van der Waals surface area contributed by atoms with Gasteiger partial charge in [0.2, 0.25) is 11.8 Å². The lowest BCUT2D eigenvalue weighted by Gasteiger charge is -2.43. The highest BCUT2D eigenvalue weighted by atomic mass is 16.5. The van der Waals surface area contributed by atoms with Crippen LogP contribution >= 0.6 is 0 Å². The summed E-state index contributed by atoms with van der Waals surface area (Å²) in [6.45, 7) is 11.8. The van der Waals surface area contributed by atoms with Gasteiger partial charge in [-0.05, 0) is 32.6 Å². The van der Waals surface area contributed by atoms with Crippen LogP contribution in [0.2, 0.25) is 0 Å². The van der Waals surface area contributed by atoms with E-state index >= 15 is 0 Å². The number of hydrogen-bond acceptors (Lipinski definition) is 5. The van der Waals surface area contributed by atoms with Crippen LogP contribution < -0.4 is 5.32 Å². The minimum Gasteiger partial charge on any atom is -0.361 e. The molecule has 3 heterocycles. The molecule has 2 amide bonds. The summed E-state index contributed by atoms with van der Waals surface area (Å²) >= 11 is 0. The topological polar surface area (TPSA) is 78.7 Å². The van der Waals surface area contributed by atoms with Gasteiger partial charge in [-0.15, -0.1) is 0 Å². The van der Waals surface area contributed by atoms with Crippen molar-refractivity contribution in [2.45, 2.75) is 72.1 Å². The highest BCUT2D eigenvalue weighted by Gasteiger charge is 2.45. The number of nitrogens with zero attached hydrogens (tertiary/aromatic N) is 3. The first kappa shape index (κ1) is 18.9. The SMILES string of the molecule is CC(=O)NC1CC2CN(Cc3c(C)noc3C)C(CC(C)C)C(=O)N2C1. The Hall–Kier alpha value is -1.89. The van der Waals surface area contributed by atoms with E-state index in [1.54, 1.807) is 0 Å². The van der Waals surface area contributed by atoms with Crippen molar-refractivity contribution in [2.75, 3.05) is 13.1 Å². The van der Waals surface area contributed by atoms with Gasteiger partial charge < -0.3 is 14.7 Å². The molecule has 2 saturated heterocycles. The quantitative estimate of drug-likeness (QED) is 0.861. The summed E-state index contributed by atoms with van der Waals surface area (Å²) in [6, 6.07) is 0.0828. The Morgan fingerprint density at radius 3 is 2.65 bits per heavy atom. The van der Waals surface area contributed by atoms with Gasteiger partial charge in [0.05, 0.1) is 11.7 Å². The number of rotatable bonds is 5. The largest absolute Gasteiger partial charge is 0.361 e. The number of fused-ring (bicyclic) bond motifs is 1. The number of nitrogens with one attached hydrogen (secondary N) is 1. The first-order chi connectivity index (χ1) is 12.3. The molecule has 1 N–H and O–H groups in total. The summed E-state index contributed by atoms with van der Waals surface area (Å²) < 4.78 is 5.31. The molecule has 0 radical (unpaired) electrons. The molecule has 3 atom stereocenters. The number of piperazine rings is 1. The third-order valence-corrected chi connectivity index (χ3v) is 5.51. The Labute approximate surface area is 155 Å². The van der Waals surface area contributed by atoms with Gasteiger partial charge in [-0.3, -0.25) is 14.5 Å². The van der Waals surface area contributed by atoms with E-state index in [-0.39, 0.29) is 29.9 Å². The second-order valence-corrected chi connectivity index (χ2v) is 8.16. The Morgan fingerprint density at radius 1 is 1.35 bits per heavy atom. The Balaban J connectivity index is 1.81. The summed E-state index contributed by atoms with van der Waals surface area (Å²) in [4.78, 5) is 28.9. The van der Waals surface area contributed by atoms with Crippen LogP contribution in [0.1, 0.15) is 50.6 Å². The minimum atomic E-state index is -0.129. The van der Waals surface area contributed by atoms with Crippen LogP contribution in [-0.4, -0.2) is 58.0 Å².